The predicted octanol–water partition coefficient (Wildman–Crippen LogP) is 1.45. The van der Waals surface area contributed by atoms with Crippen LogP contribution in [0.2, 0.25) is 0 Å². The average Bonchev–Trinajstić information content (AvgIpc) is 2.76. The van der Waals surface area contributed by atoms with Gasteiger partial charge >= 0.3 is 0 Å². The zero-order chi connectivity index (χ0) is 13.4. The highest BCUT2D eigenvalue weighted by molar-refractivity contribution is 5.56. The van der Waals surface area contributed by atoms with Gasteiger partial charge in [0.2, 0.25) is 0 Å². The molecule has 1 aromatic carbocycles. The number of hydrogen-bond acceptors (Lipinski definition) is 5. The molecular formula is C13H16N2O4. The molecule has 2 heterocycles. The van der Waals surface area contributed by atoms with Crippen LogP contribution in [-0.2, 0) is 11.3 Å². The highest BCUT2D eigenvalue weighted by Gasteiger charge is 2.34. The van der Waals surface area contributed by atoms with Crippen molar-refractivity contribution in [1.29, 1.82) is 0 Å². The van der Waals surface area contributed by atoms with Gasteiger partial charge in [0.1, 0.15) is 0 Å². The molecular weight excluding hydrogens is 248 g/mol. The number of fused-ring (bicyclic) bond motifs is 2. The van der Waals surface area contributed by atoms with E-state index in [0.717, 1.165) is 31.6 Å². The number of aliphatic hydroxyl groups excluding tert-OH is 1. The van der Waals surface area contributed by atoms with Crippen molar-refractivity contribution in [2.75, 3.05) is 18.0 Å². The molecule has 6 heteroatoms. The van der Waals surface area contributed by atoms with E-state index >= 15 is 0 Å². The smallest absolute Gasteiger partial charge is 0.275 e. The second-order valence-corrected chi connectivity index (χ2v) is 5.09. The van der Waals surface area contributed by atoms with E-state index in [4.69, 9.17) is 4.74 Å². The largest absolute Gasteiger partial charge is 0.391 e. The summed E-state index contributed by atoms with van der Waals surface area (Å²) in [5.74, 6) is 0. The molecule has 2 fully saturated rings. The molecule has 2 unspecified atom stereocenters. The molecule has 0 aliphatic carbocycles. The van der Waals surface area contributed by atoms with Crippen LogP contribution in [0, 0.1) is 10.1 Å². The lowest BCUT2D eigenvalue weighted by Crippen LogP contribution is -2.42. The number of rotatable bonds is 3. The van der Waals surface area contributed by atoms with Crippen molar-refractivity contribution in [2.45, 2.75) is 31.7 Å². The zero-order valence-electron chi connectivity index (χ0n) is 10.5. The fourth-order valence-corrected chi connectivity index (χ4v) is 2.90. The SMILES string of the molecule is O=[N+]([O-])c1ccc(N2CC3CCC(C2)O3)cc1CO. The molecule has 2 aliphatic rings. The number of hydrogen-bond donors (Lipinski definition) is 1. The van der Waals surface area contributed by atoms with Crippen LogP contribution in [-0.4, -0.2) is 35.3 Å². The van der Waals surface area contributed by atoms with Gasteiger partial charge in [0.25, 0.3) is 5.69 Å². The standard InChI is InChI=1S/C13H16N2O4/c16-8-9-5-10(1-4-13(9)15(17)18)14-6-11-2-3-12(7-14)19-11/h1,4-5,11-12,16H,2-3,6-8H2. The van der Waals surface area contributed by atoms with Gasteiger partial charge in [0, 0.05) is 24.8 Å². The number of anilines is 1. The molecule has 0 spiro atoms. The first-order valence-corrected chi connectivity index (χ1v) is 6.46. The molecule has 0 radical (unpaired) electrons. The molecule has 102 valence electrons. The molecule has 2 saturated heterocycles. The number of nitrogens with zero attached hydrogens (tertiary/aromatic N) is 2. The minimum Gasteiger partial charge on any atom is -0.391 e. The molecule has 3 rings (SSSR count). The Balaban J connectivity index is 1.87. The summed E-state index contributed by atoms with van der Waals surface area (Å²) in [7, 11) is 0. The third-order valence-electron chi connectivity index (χ3n) is 3.84. The predicted molar refractivity (Wildman–Crippen MR) is 69.1 cm³/mol. The average molecular weight is 264 g/mol. The van der Waals surface area contributed by atoms with Gasteiger partial charge in [-0.3, -0.25) is 10.1 Å². The molecule has 0 aromatic heterocycles. The first-order valence-electron chi connectivity index (χ1n) is 6.46. The van der Waals surface area contributed by atoms with Gasteiger partial charge in [-0.15, -0.1) is 0 Å². The quantitative estimate of drug-likeness (QED) is 0.660. The van der Waals surface area contributed by atoms with Crippen molar-refractivity contribution in [2.24, 2.45) is 0 Å². The lowest BCUT2D eigenvalue weighted by atomic mass is 10.1. The Morgan fingerprint density at radius 2 is 2.05 bits per heavy atom. The first-order chi connectivity index (χ1) is 9.17. The van der Waals surface area contributed by atoms with Crippen molar-refractivity contribution in [3.05, 3.63) is 33.9 Å². The van der Waals surface area contributed by atoms with Crippen LogP contribution >= 0.6 is 0 Å². The van der Waals surface area contributed by atoms with Crippen LogP contribution in [0.4, 0.5) is 11.4 Å². The van der Waals surface area contributed by atoms with Gasteiger partial charge in [0.15, 0.2) is 0 Å². The molecule has 0 amide bonds. The number of nitro groups is 1. The summed E-state index contributed by atoms with van der Waals surface area (Å²) in [6, 6.07) is 4.93. The highest BCUT2D eigenvalue weighted by Crippen LogP contribution is 2.31. The van der Waals surface area contributed by atoms with E-state index in [0.29, 0.717) is 5.56 Å². The van der Waals surface area contributed by atoms with Crippen molar-refractivity contribution in [1.82, 2.24) is 0 Å². The monoisotopic (exact) mass is 264 g/mol. The highest BCUT2D eigenvalue weighted by atomic mass is 16.6. The van der Waals surface area contributed by atoms with E-state index in [-0.39, 0.29) is 24.5 Å². The van der Waals surface area contributed by atoms with Crippen molar-refractivity contribution < 1.29 is 14.8 Å². The third-order valence-corrected chi connectivity index (χ3v) is 3.84. The second-order valence-electron chi connectivity index (χ2n) is 5.09. The summed E-state index contributed by atoms with van der Waals surface area (Å²) >= 11 is 0. The Bertz CT molecular complexity index is 493. The maximum atomic E-state index is 10.8. The van der Waals surface area contributed by atoms with E-state index in [1.807, 2.05) is 0 Å². The molecule has 1 N–H and O–H groups in total. The van der Waals surface area contributed by atoms with E-state index in [1.54, 1.807) is 12.1 Å². The minimum atomic E-state index is -0.460. The maximum absolute atomic E-state index is 10.8. The van der Waals surface area contributed by atoms with E-state index in [9.17, 15) is 15.2 Å². The van der Waals surface area contributed by atoms with E-state index < -0.39 is 4.92 Å². The molecule has 2 atom stereocenters. The van der Waals surface area contributed by atoms with Crippen LogP contribution < -0.4 is 4.90 Å². The van der Waals surface area contributed by atoms with Crippen LogP contribution in [0.3, 0.4) is 0 Å². The van der Waals surface area contributed by atoms with E-state index in [2.05, 4.69) is 4.90 Å². The van der Waals surface area contributed by atoms with Gasteiger partial charge in [-0.25, -0.2) is 0 Å². The van der Waals surface area contributed by atoms with Crippen LogP contribution in [0.1, 0.15) is 18.4 Å². The summed E-state index contributed by atoms with van der Waals surface area (Å²) in [6.07, 6.45) is 2.71. The number of nitro benzene ring substituents is 1. The zero-order valence-corrected chi connectivity index (χ0v) is 10.5. The van der Waals surface area contributed by atoms with Gasteiger partial charge < -0.3 is 14.7 Å². The molecule has 6 nitrogen and oxygen atoms in total. The molecule has 1 aromatic rings. The Labute approximate surface area is 110 Å². The van der Waals surface area contributed by atoms with Crippen LogP contribution in [0.15, 0.2) is 18.2 Å². The number of ether oxygens (including phenoxy) is 1. The van der Waals surface area contributed by atoms with Gasteiger partial charge in [0.05, 0.1) is 29.3 Å². The number of morpholine rings is 1. The summed E-state index contributed by atoms with van der Waals surface area (Å²) < 4.78 is 5.77. The first kappa shape index (κ1) is 12.4. The maximum Gasteiger partial charge on any atom is 0.275 e. The summed E-state index contributed by atoms with van der Waals surface area (Å²) in [4.78, 5) is 12.6. The Morgan fingerprint density at radius 3 is 2.63 bits per heavy atom. The fourth-order valence-electron chi connectivity index (χ4n) is 2.90. The van der Waals surface area contributed by atoms with Crippen LogP contribution in [0.25, 0.3) is 0 Å². The Morgan fingerprint density at radius 1 is 1.37 bits per heavy atom. The van der Waals surface area contributed by atoms with Gasteiger partial charge in [-0.1, -0.05) is 0 Å². The molecule has 2 bridgehead atoms. The summed E-state index contributed by atoms with van der Waals surface area (Å²) in [5, 5.41) is 20.1. The van der Waals surface area contributed by atoms with Crippen molar-refractivity contribution in [3.8, 4) is 0 Å². The minimum absolute atomic E-state index is 0.0255. The normalized spacial score (nSPS) is 25.6. The lowest BCUT2D eigenvalue weighted by Gasteiger charge is -2.34. The number of aliphatic hydroxyl groups is 1. The summed E-state index contributed by atoms with van der Waals surface area (Å²) in [6.45, 7) is 1.32. The second kappa shape index (κ2) is 4.79. The topological polar surface area (TPSA) is 75.8 Å². The molecule has 0 saturated carbocycles. The van der Waals surface area contributed by atoms with Crippen LogP contribution in [0.5, 0.6) is 0 Å². The lowest BCUT2D eigenvalue weighted by molar-refractivity contribution is -0.385. The van der Waals surface area contributed by atoms with Crippen molar-refractivity contribution >= 4 is 11.4 Å². The van der Waals surface area contributed by atoms with Gasteiger partial charge in [-0.2, -0.15) is 0 Å². The van der Waals surface area contributed by atoms with Crippen molar-refractivity contribution in [3.63, 3.8) is 0 Å². The third kappa shape index (κ3) is 2.29. The fraction of sp³-hybridized carbons (Fsp3) is 0.538. The van der Waals surface area contributed by atoms with E-state index in [1.165, 1.54) is 6.07 Å². The Kier molecular flexibility index (Phi) is 3.12. The number of benzene rings is 1. The summed E-state index contributed by atoms with van der Waals surface area (Å²) in [5.41, 5.74) is 1.26. The van der Waals surface area contributed by atoms with Gasteiger partial charge in [-0.05, 0) is 25.0 Å². The molecule has 19 heavy (non-hydrogen) atoms. The molecule has 2 aliphatic heterocycles. The Hall–Kier alpha value is -1.66.